The third-order valence-electron chi connectivity index (χ3n) is 3.24. The second kappa shape index (κ2) is 8.04. The van der Waals surface area contributed by atoms with E-state index in [0.29, 0.717) is 5.02 Å². The molecule has 5 nitrogen and oxygen atoms in total. The van der Waals surface area contributed by atoms with Gasteiger partial charge in [0.1, 0.15) is 11.3 Å². The Bertz CT molecular complexity index is 764. The maximum atomic E-state index is 12.0. The Balaban J connectivity index is 1.93. The zero-order valence-corrected chi connectivity index (χ0v) is 14.3. The zero-order chi connectivity index (χ0) is 17.7. The van der Waals surface area contributed by atoms with Crippen molar-refractivity contribution in [1.29, 1.82) is 0 Å². The first-order valence-electron chi connectivity index (χ1n) is 7.09. The van der Waals surface area contributed by atoms with Crippen LogP contribution in [0.1, 0.15) is 22.8 Å². The number of benzene rings is 2. The van der Waals surface area contributed by atoms with Gasteiger partial charge in [0, 0.05) is 16.6 Å². The first kappa shape index (κ1) is 18.1. The lowest BCUT2D eigenvalue weighted by Crippen LogP contribution is -2.35. The van der Waals surface area contributed by atoms with Gasteiger partial charge in [-0.1, -0.05) is 41.4 Å². The Morgan fingerprint density at radius 1 is 1.21 bits per heavy atom. The lowest BCUT2D eigenvalue weighted by molar-refractivity contribution is -0.129. The van der Waals surface area contributed by atoms with Crippen molar-refractivity contribution in [1.82, 2.24) is 5.32 Å². The molecule has 0 unspecified atom stereocenters. The van der Waals surface area contributed by atoms with E-state index in [1.54, 1.807) is 24.3 Å². The second-order valence-corrected chi connectivity index (χ2v) is 5.86. The minimum atomic E-state index is -1.03. The van der Waals surface area contributed by atoms with Crippen molar-refractivity contribution in [3.05, 3.63) is 63.6 Å². The van der Waals surface area contributed by atoms with E-state index in [0.717, 1.165) is 5.56 Å². The first-order valence-corrected chi connectivity index (χ1v) is 7.84. The number of amides is 1. The van der Waals surface area contributed by atoms with Crippen LogP contribution in [0.3, 0.4) is 0 Å². The maximum absolute atomic E-state index is 12.0. The molecule has 0 spiro atoms. The van der Waals surface area contributed by atoms with Gasteiger partial charge >= 0.3 is 5.97 Å². The van der Waals surface area contributed by atoms with Crippen molar-refractivity contribution in [3.63, 3.8) is 0 Å². The van der Waals surface area contributed by atoms with Gasteiger partial charge in [0.25, 0.3) is 5.91 Å². The summed E-state index contributed by atoms with van der Waals surface area (Å²) in [4.78, 5) is 24.0. The highest BCUT2D eigenvalue weighted by molar-refractivity contribution is 6.31. The average molecular weight is 368 g/mol. The van der Waals surface area contributed by atoms with E-state index in [2.05, 4.69) is 5.32 Å². The quantitative estimate of drug-likeness (QED) is 0.792. The van der Waals surface area contributed by atoms with Crippen LogP contribution in [0.25, 0.3) is 0 Å². The average Bonchev–Trinajstić information content (AvgIpc) is 2.53. The number of carbonyl (C=O) groups is 2. The highest BCUT2D eigenvalue weighted by Gasteiger charge is 2.21. The molecular weight excluding hydrogens is 353 g/mol. The van der Waals surface area contributed by atoms with Crippen molar-refractivity contribution in [3.8, 4) is 5.75 Å². The Labute approximate surface area is 149 Å². The second-order valence-electron chi connectivity index (χ2n) is 5.02. The number of phenolic OH excluding ortho intramolecular Hbond substituents is 1. The number of halogens is 2. The van der Waals surface area contributed by atoms with Crippen molar-refractivity contribution in [2.24, 2.45) is 0 Å². The Hall–Kier alpha value is -2.24. The molecule has 0 saturated carbocycles. The van der Waals surface area contributed by atoms with Crippen LogP contribution in [0.2, 0.25) is 10.0 Å². The molecule has 2 aromatic rings. The third kappa shape index (κ3) is 4.63. The van der Waals surface area contributed by atoms with Crippen LogP contribution in [0.5, 0.6) is 5.75 Å². The monoisotopic (exact) mass is 367 g/mol. The summed E-state index contributed by atoms with van der Waals surface area (Å²) < 4.78 is 5.05. The molecule has 1 amide bonds. The van der Waals surface area contributed by atoms with Gasteiger partial charge in [0.2, 0.25) is 0 Å². The lowest BCUT2D eigenvalue weighted by atomic mass is 10.2. The summed E-state index contributed by atoms with van der Waals surface area (Å²) in [6, 6.07) is 11.1. The number of esters is 1. The number of aromatic hydroxyl groups is 1. The van der Waals surface area contributed by atoms with Crippen LogP contribution >= 0.6 is 23.2 Å². The molecule has 0 bridgehead atoms. The number of hydrogen-bond acceptors (Lipinski definition) is 4. The van der Waals surface area contributed by atoms with Gasteiger partial charge in [-0.05, 0) is 36.8 Å². The van der Waals surface area contributed by atoms with Crippen LogP contribution in [-0.2, 0) is 16.1 Å². The van der Waals surface area contributed by atoms with Crippen molar-refractivity contribution in [2.45, 2.75) is 19.6 Å². The minimum Gasteiger partial charge on any atom is -0.507 e. The largest absolute Gasteiger partial charge is 0.507 e. The topological polar surface area (TPSA) is 75.6 Å². The summed E-state index contributed by atoms with van der Waals surface area (Å²) in [5, 5.41) is 13.2. The van der Waals surface area contributed by atoms with Crippen LogP contribution < -0.4 is 5.32 Å². The van der Waals surface area contributed by atoms with Crippen LogP contribution in [-0.4, -0.2) is 23.1 Å². The molecule has 0 saturated heterocycles. The number of hydrogen-bond donors (Lipinski definition) is 2. The summed E-state index contributed by atoms with van der Waals surface area (Å²) in [7, 11) is 0. The molecule has 1 atom stereocenters. The van der Waals surface area contributed by atoms with Crippen molar-refractivity contribution in [2.75, 3.05) is 0 Å². The van der Waals surface area contributed by atoms with Crippen molar-refractivity contribution < 1.29 is 19.4 Å². The maximum Gasteiger partial charge on any atom is 0.342 e. The summed E-state index contributed by atoms with van der Waals surface area (Å²) >= 11 is 11.7. The SMILES string of the molecule is C[C@H](OC(=O)c1ccc(Cl)cc1O)C(=O)NCc1ccccc1Cl. The fraction of sp³-hybridized carbons (Fsp3) is 0.176. The van der Waals surface area contributed by atoms with E-state index >= 15 is 0 Å². The van der Waals surface area contributed by atoms with Gasteiger partial charge in [-0.3, -0.25) is 4.79 Å². The first-order chi connectivity index (χ1) is 11.4. The van der Waals surface area contributed by atoms with E-state index < -0.39 is 18.0 Å². The molecule has 0 aliphatic heterocycles. The predicted octanol–water partition coefficient (Wildman–Crippen LogP) is 3.56. The van der Waals surface area contributed by atoms with Gasteiger partial charge in [-0.15, -0.1) is 0 Å². The van der Waals surface area contributed by atoms with Gasteiger partial charge in [0.15, 0.2) is 6.10 Å². The summed E-state index contributed by atoms with van der Waals surface area (Å²) in [6.07, 6.45) is -1.03. The van der Waals surface area contributed by atoms with Crippen LogP contribution in [0.15, 0.2) is 42.5 Å². The fourth-order valence-electron chi connectivity index (χ4n) is 1.92. The van der Waals surface area contributed by atoms with Gasteiger partial charge in [-0.25, -0.2) is 4.79 Å². The van der Waals surface area contributed by atoms with Crippen molar-refractivity contribution >= 4 is 35.1 Å². The smallest absolute Gasteiger partial charge is 0.342 e. The van der Waals surface area contributed by atoms with Gasteiger partial charge in [-0.2, -0.15) is 0 Å². The van der Waals surface area contributed by atoms with E-state index in [9.17, 15) is 14.7 Å². The van der Waals surface area contributed by atoms with Gasteiger partial charge in [0.05, 0.1) is 0 Å². The standard InChI is InChI=1S/C17H15Cl2NO4/c1-10(16(22)20-9-11-4-2-3-5-14(11)19)24-17(23)13-7-6-12(18)8-15(13)21/h2-8,10,21H,9H2,1H3,(H,20,22)/t10-/m0/s1. The van der Waals surface area contributed by atoms with Gasteiger partial charge < -0.3 is 15.2 Å². The summed E-state index contributed by atoms with van der Waals surface area (Å²) in [5.74, 6) is -1.60. The Morgan fingerprint density at radius 3 is 2.58 bits per heavy atom. The fourth-order valence-corrected chi connectivity index (χ4v) is 2.29. The zero-order valence-electron chi connectivity index (χ0n) is 12.8. The minimum absolute atomic E-state index is 0.0647. The molecule has 2 rings (SSSR count). The normalized spacial score (nSPS) is 11.6. The molecule has 24 heavy (non-hydrogen) atoms. The molecule has 0 aliphatic rings. The molecule has 0 fully saturated rings. The Morgan fingerprint density at radius 2 is 1.92 bits per heavy atom. The van der Waals surface area contributed by atoms with E-state index in [-0.39, 0.29) is 22.9 Å². The molecule has 126 valence electrons. The summed E-state index contributed by atoms with van der Waals surface area (Å²) in [5.41, 5.74) is 0.687. The highest BCUT2D eigenvalue weighted by Crippen LogP contribution is 2.23. The molecule has 0 aliphatic carbocycles. The molecule has 7 heteroatoms. The van der Waals surface area contributed by atoms with Crippen LogP contribution in [0, 0.1) is 0 Å². The predicted molar refractivity (Wildman–Crippen MR) is 91.3 cm³/mol. The Kier molecular flexibility index (Phi) is 6.06. The molecular formula is C17H15Cl2NO4. The number of phenols is 1. The van der Waals surface area contributed by atoms with Crippen LogP contribution in [0.4, 0.5) is 0 Å². The molecule has 2 aromatic carbocycles. The van der Waals surface area contributed by atoms with E-state index in [4.69, 9.17) is 27.9 Å². The van der Waals surface area contributed by atoms with E-state index in [1.165, 1.54) is 25.1 Å². The summed E-state index contributed by atoms with van der Waals surface area (Å²) in [6.45, 7) is 1.65. The lowest BCUT2D eigenvalue weighted by Gasteiger charge is -2.14. The third-order valence-corrected chi connectivity index (χ3v) is 3.85. The highest BCUT2D eigenvalue weighted by atomic mass is 35.5. The number of carbonyl (C=O) groups excluding carboxylic acids is 2. The number of ether oxygens (including phenoxy) is 1. The molecule has 0 aromatic heterocycles. The molecule has 0 heterocycles. The molecule has 0 radical (unpaired) electrons. The number of nitrogens with one attached hydrogen (secondary N) is 1. The molecule has 2 N–H and O–H groups in total. The number of rotatable bonds is 5. The van der Waals surface area contributed by atoms with E-state index in [1.807, 2.05) is 0 Å².